The van der Waals surface area contributed by atoms with Crippen molar-refractivity contribution in [3.05, 3.63) is 70.9 Å². The summed E-state index contributed by atoms with van der Waals surface area (Å²) in [5.41, 5.74) is 1.58. The normalized spacial score (nSPS) is 15.0. The second kappa shape index (κ2) is 6.00. The van der Waals surface area contributed by atoms with Gasteiger partial charge in [0.25, 0.3) is 0 Å². The summed E-state index contributed by atoms with van der Waals surface area (Å²) < 4.78 is 10.5. The second-order valence-electron chi connectivity index (χ2n) is 5.85. The number of aromatic hydroxyl groups is 1. The molecule has 1 aliphatic heterocycles. The number of Topliss-reactive ketones (excluding diaryl/α,β-unsaturated/α-hetero) is 1. The molecule has 0 fully saturated rings. The van der Waals surface area contributed by atoms with E-state index in [9.17, 15) is 14.7 Å². The van der Waals surface area contributed by atoms with Crippen molar-refractivity contribution in [2.45, 2.75) is 6.92 Å². The molecule has 0 spiro atoms. The lowest BCUT2D eigenvalue weighted by Crippen LogP contribution is -2.25. The summed E-state index contributed by atoms with van der Waals surface area (Å²) in [6, 6.07) is 14.0. The van der Waals surface area contributed by atoms with Crippen LogP contribution in [0.5, 0.6) is 11.7 Å². The molecule has 0 radical (unpaired) electrons. The van der Waals surface area contributed by atoms with Crippen LogP contribution >= 0.6 is 0 Å². The third-order valence-electron chi connectivity index (χ3n) is 3.99. The summed E-state index contributed by atoms with van der Waals surface area (Å²) in [6.07, 6.45) is 1.18. The summed E-state index contributed by atoms with van der Waals surface area (Å²) in [4.78, 5) is 29.0. The average Bonchev–Trinajstić information content (AvgIpc) is 3.00. The number of carbonyl (C=O) groups excluding carboxylic acids is 2. The minimum atomic E-state index is -0.795. The van der Waals surface area contributed by atoms with Gasteiger partial charge < -0.3 is 14.3 Å². The number of nitrogens with zero attached hydrogens (tertiary/aromatic N) is 1. The molecule has 6 nitrogen and oxygen atoms in total. The van der Waals surface area contributed by atoms with Crippen LogP contribution in [0.15, 0.2) is 58.5 Å². The quantitative estimate of drug-likeness (QED) is 0.330. The Morgan fingerprint density at radius 1 is 1.08 bits per heavy atom. The molecule has 2 aromatic carbocycles. The minimum absolute atomic E-state index is 0.0142. The number of aryl methyl sites for hydroxylation is 1. The smallest absolute Gasteiger partial charge is 0.347 e. The number of aromatic nitrogens is 1. The third kappa shape index (κ3) is 2.67. The zero-order valence-corrected chi connectivity index (χ0v) is 13.7. The number of oxazole rings is 1. The minimum Gasteiger partial charge on any atom is -0.479 e. The maximum absolute atomic E-state index is 12.6. The fraction of sp³-hybridized carbons (Fsp3) is 0.0500. The van der Waals surface area contributed by atoms with Gasteiger partial charge in [-0.2, -0.15) is 0 Å². The Morgan fingerprint density at radius 2 is 1.85 bits per heavy atom. The first-order chi connectivity index (χ1) is 12.5. The number of hydrogen-bond donors (Lipinski definition) is 1. The first-order valence-electron chi connectivity index (χ1n) is 7.87. The van der Waals surface area contributed by atoms with E-state index in [0.717, 1.165) is 5.56 Å². The molecule has 1 aliphatic rings. The lowest BCUT2D eigenvalue weighted by Gasteiger charge is -2.16. The van der Waals surface area contributed by atoms with Gasteiger partial charge in [0.1, 0.15) is 17.0 Å². The van der Waals surface area contributed by atoms with E-state index in [2.05, 4.69) is 4.98 Å². The highest BCUT2D eigenvalue weighted by molar-refractivity contribution is 6.30. The number of ether oxygens (including phenoxy) is 1. The van der Waals surface area contributed by atoms with E-state index < -0.39 is 17.7 Å². The average molecular weight is 347 g/mol. The van der Waals surface area contributed by atoms with E-state index >= 15 is 0 Å². The molecule has 0 saturated heterocycles. The van der Waals surface area contributed by atoms with Crippen LogP contribution < -0.4 is 4.74 Å². The molecule has 0 atom stereocenters. The lowest BCUT2D eigenvalue weighted by atomic mass is 9.98. The fourth-order valence-corrected chi connectivity index (χ4v) is 2.68. The van der Waals surface area contributed by atoms with Crippen molar-refractivity contribution < 1.29 is 23.8 Å². The van der Waals surface area contributed by atoms with Gasteiger partial charge in [-0.1, -0.05) is 24.3 Å². The van der Waals surface area contributed by atoms with Crippen LogP contribution in [-0.2, 0) is 4.79 Å². The molecule has 6 heteroatoms. The van der Waals surface area contributed by atoms with E-state index in [0.29, 0.717) is 5.56 Å². The van der Waals surface area contributed by atoms with Crippen LogP contribution in [-0.4, -0.2) is 21.8 Å². The number of fused-ring (bicyclic) bond motifs is 1. The molecule has 1 N–H and O–H groups in total. The van der Waals surface area contributed by atoms with E-state index in [-0.39, 0.29) is 28.5 Å². The largest absolute Gasteiger partial charge is 0.479 e. The number of rotatable bonds is 2. The van der Waals surface area contributed by atoms with Crippen LogP contribution in [0.1, 0.15) is 21.6 Å². The number of hydrogen-bond acceptors (Lipinski definition) is 6. The van der Waals surface area contributed by atoms with Crippen LogP contribution in [0, 0.1) is 6.92 Å². The molecule has 0 aliphatic carbocycles. The summed E-state index contributed by atoms with van der Waals surface area (Å²) in [5, 5.41) is 9.99. The Balaban J connectivity index is 1.75. The number of carbonyl (C=O) groups is 2. The van der Waals surface area contributed by atoms with Gasteiger partial charge in [0.05, 0.1) is 5.56 Å². The highest BCUT2D eigenvalue weighted by Crippen LogP contribution is 2.32. The van der Waals surface area contributed by atoms with Crippen molar-refractivity contribution in [1.29, 1.82) is 0 Å². The van der Waals surface area contributed by atoms with Crippen molar-refractivity contribution in [2.24, 2.45) is 0 Å². The number of esters is 1. The summed E-state index contributed by atoms with van der Waals surface area (Å²) in [5.74, 6) is -1.35. The van der Waals surface area contributed by atoms with Gasteiger partial charge in [-0.3, -0.25) is 4.79 Å². The van der Waals surface area contributed by atoms with Gasteiger partial charge in [-0.05, 0) is 42.8 Å². The molecular weight excluding hydrogens is 334 g/mol. The molecule has 0 saturated carbocycles. The molecule has 0 unspecified atom stereocenters. The Kier molecular flexibility index (Phi) is 3.65. The molecule has 4 rings (SSSR count). The van der Waals surface area contributed by atoms with Gasteiger partial charge in [0.2, 0.25) is 11.7 Å². The SMILES string of the molecule is Cc1ccc2c(c1)OC(=O)/C(=C\c1nc(-c3ccccc3)oc1O)C2=O. The van der Waals surface area contributed by atoms with Gasteiger partial charge in [0.15, 0.2) is 0 Å². The highest BCUT2D eigenvalue weighted by atomic mass is 16.5. The van der Waals surface area contributed by atoms with Crippen molar-refractivity contribution in [2.75, 3.05) is 0 Å². The summed E-state index contributed by atoms with van der Waals surface area (Å²) >= 11 is 0. The molecule has 128 valence electrons. The zero-order valence-electron chi connectivity index (χ0n) is 13.7. The topological polar surface area (TPSA) is 89.6 Å². The van der Waals surface area contributed by atoms with Crippen LogP contribution in [0.2, 0.25) is 0 Å². The zero-order chi connectivity index (χ0) is 18.3. The standard InChI is InChI=1S/C20H13NO5/c1-11-7-8-13-16(9-11)25-19(23)14(17(13)22)10-15-20(24)26-18(21-15)12-5-3-2-4-6-12/h2-10,24H,1H3/b14-10-. The Labute approximate surface area is 148 Å². The van der Waals surface area contributed by atoms with Crippen molar-refractivity contribution >= 4 is 17.8 Å². The van der Waals surface area contributed by atoms with Crippen molar-refractivity contribution in [1.82, 2.24) is 4.98 Å². The molecule has 2 heterocycles. The molecule has 26 heavy (non-hydrogen) atoms. The molecular formula is C20H13NO5. The fourth-order valence-electron chi connectivity index (χ4n) is 2.68. The highest BCUT2D eigenvalue weighted by Gasteiger charge is 2.31. The van der Waals surface area contributed by atoms with Crippen molar-refractivity contribution in [3.63, 3.8) is 0 Å². The number of ketones is 1. The first-order valence-corrected chi connectivity index (χ1v) is 7.87. The second-order valence-corrected chi connectivity index (χ2v) is 5.85. The van der Waals surface area contributed by atoms with Gasteiger partial charge >= 0.3 is 11.9 Å². The van der Waals surface area contributed by atoms with E-state index in [1.54, 1.807) is 42.5 Å². The Hall–Kier alpha value is -3.67. The van der Waals surface area contributed by atoms with Gasteiger partial charge in [-0.25, -0.2) is 9.78 Å². The molecule has 0 bridgehead atoms. The van der Waals surface area contributed by atoms with Crippen LogP contribution in [0.3, 0.4) is 0 Å². The van der Waals surface area contributed by atoms with Crippen LogP contribution in [0.25, 0.3) is 17.5 Å². The van der Waals surface area contributed by atoms with E-state index in [4.69, 9.17) is 9.15 Å². The maximum Gasteiger partial charge on any atom is 0.347 e. The van der Waals surface area contributed by atoms with E-state index in [1.165, 1.54) is 6.08 Å². The summed E-state index contributed by atoms with van der Waals surface area (Å²) in [6.45, 7) is 1.84. The Bertz CT molecular complexity index is 1060. The number of benzene rings is 2. The molecule has 3 aromatic rings. The maximum atomic E-state index is 12.6. The first kappa shape index (κ1) is 15.8. The van der Waals surface area contributed by atoms with Gasteiger partial charge in [-0.15, -0.1) is 0 Å². The van der Waals surface area contributed by atoms with Gasteiger partial charge in [0, 0.05) is 5.56 Å². The van der Waals surface area contributed by atoms with E-state index in [1.807, 2.05) is 13.0 Å². The molecule has 0 amide bonds. The third-order valence-corrected chi connectivity index (χ3v) is 3.99. The van der Waals surface area contributed by atoms with Crippen molar-refractivity contribution in [3.8, 4) is 23.1 Å². The lowest BCUT2D eigenvalue weighted by molar-refractivity contribution is -0.130. The molecule has 1 aromatic heterocycles. The Morgan fingerprint density at radius 3 is 2.62 bits per heavy atom. The predicted octanol–water partition coefficient (Wildman–Crippen LogP) is 3.54. The summed E-state index contributed by atoms with van der Waals surface area (Å²) in [7, 11) is 0. The monoisotopic (exact) mass is 347 g/mol. The van der Waals surface area contributed by atoms with Crippen LogP contribution in [0.4, 0.5) is 0 Å². The predicted molar refractivity (Wildman–Crippen MR) is 92.7 cm³/mol.